The van der Waals surface area contributed by atoms with Crippen molar-refractivity contribution in [1.29, 1.82) is 0 Å². The highest BCUT2D eigenvalue weighted by atomic mass is 32.2. The van der Waals surface area contributed by atoms with Gasteiger partial charge in [-0.15, -0.1) is 9.40 Å². The number of aryl methyl sites for hydroxylation is 2. The van der Waals surface area contributed by atoms with Crippen LogP contribution in [-0.4, -0.2) is 64.6 Å². The molecule has 4 heterocycles. The first-order valence-electron chi connectivity index (χ1n) is 10.8. The average Bonchev–Trinajstić information content (AvgIpc) is 3.49. The van der Waals surface area contributed by atoms with Gasteiger partial charge in [0.1, 0.15) is 11.6 Å². The number of aromatic nitrogens is 4. The second kappa shape index (κ2) is 7.90. The Labute approximate surface area is 190 Å². The fourth-order valence-corrected chi connectivity index (χ4v) is 6.19. The third-order valence-electron chi connectivity index (χ3n) is 5.90. The molecule has 0 atom stereocenters. The maximum Gasteiger partial charge on any atom is 0.277 e. The molecule has 0 aliphatic carbocycles. The summed E-state index contributed by atoms with van der Waals surface area (Å²) < 4.78 is 47.1. The van der Waals surface area contributed by atoms with Crippen LogP contribution in [0, 0.1) is 13.8 Å². The van der Waals surface area contributed by atoms with Crippen molar-refractivity contribution in [3.8, 4) is 17.1 Å². The lowest BCUT2D eigenvalue weighted by atomic mass is 10.2. The molecule has 5 rings (SSSR count). The fourth-order valence-electron chi connectivity index (χ4n) is 4.49. The SMILES string of the molecule is CCOc1ccc(S(=O)(=O)N2CCCC23OCCO3)cc1-c1nn2c(C)nc(C)c2c(=O)[nH]1. The summed E-state index contributed by atoms with van der Waals surface area (Å²) >= 11 is 0. The minimum atomic E-state index is -3.96. The number of fused-ring (bicyclic) bond motifs is 1. The monoisotopic (exact) mass is 475 g/mol. The molecule has 11 nitrogen and oxygen atoms in total. The summed E-state index contributed by atoms with van der Waals surface area (Å²) in [6, 6.07) is 4.51. The molecule has 1 N–H and O–H groups in total. The average molecular weight is 476 g/mol. The van der Waals surface area contributed by atoms with Gasteiger partial charge in [0.05, 0.1) is 36.0 Å². The zero-order chi connectivity index (χ0) is 23.4. The molecule has 0 saturated carbocycles. The summed E-state index contributed by atoms with van der Waals surface area (Å²) in [6.45, 7) is 6.63. The van der Waals surface area contributed by atoms with Crippen LogP contribution >= 0.6 is 0 Å². The van der Waals surface area contributed by atoms with E-state index in [-0.39, 0.29) is 16.3 Å². The van der Waals surface area contributed by atoms with E-state index in [2.05, 4.69) is 15.1 Å². The van der Waals surface area contributed by atoms with Crippen molar-refractivity contribution >= 4 is 15.5 Å². The van der Waals surface area contributed by atoms with Crippen LogP contribution < -0.4 is 10.3 Å². The highest BCUT2D eigenvalue weighted by Crippen LogP contribution is 2.40. The van der Waals surface area contributed by atoms with E-state index in [1.54, 1.807) is 19.9 Å². The van der Waals surface area contributed by atoms with Gasteiger partial charge in [-0.1, -0.05) is 0 Å². The number of benzene rings is 1. The standard InChI is InChI=1S/C21H25N5O6S/c1-4-30-17-7-6-15(33(28,29)25-9-5-8-21(25)31-10-11-32-21)12-16(17)19-23-20(27)18-13(2)22-14(3)26(18)24-19/h6-7,12H,4-5,8-11H2,1-3H3,(H,23,24,27). The van der Waals surface area contributed by atoms with Crippen LogP contribution in [0.3, 0.4) is 0 Å². The smallest absolute Gasteiger partial charge is 0.277 e. The molecule has 1 aromatic carbocycles. The van der Waals surface area contributed by atoms with Crippen LogP contribution in [0.2, 0.25) is 0 Å². The summed E-state index contributed by atoms with van der Waals surface area (Å²) in [4.78, 5) is 19.9. The van der Waals surface area contributed by atoms with Crippen molar-refractivity contribution in [3.05, 3.63) is 40.1 Å². The Morgan fingerprint density at radius 3 is 2.73 bits per heavy atom. The number of hydrogen-bond acceptors (Lipinski definition) is 8. The van der Waals surface area contributed by atoms with E-state index in [0.29, 0.717) is 67.6 Å². The Morgan fingerprint density at radius 1 is 1.24 bits per heavy atom. The molecule has 1 spiro atoms. The van der Waals surface area contributed by atoms with E-state index >= 15 is 0 Å². The van der Waals surface area contributed by atoms with Crippen LogP contribution in [0.15, 0.2) is 27.9 Å². The lowest BCUT2D eigenvalue weighted by molar-refractivity contribution is -0.209. The lowest BCUT2D eigenvalue weighted by Crippen LogP contribution is -2.48. The predicted octanol–water partition coefficient (Wildman–Crippen LogP) is 1.59. The summed E-state index contributed by atoms with van der Waals surface area (Å²) in [5.74, 6) is -0.129. The van der Waals surface area contributed by atoms with Gasteiger partial charge in [0.15, 0.2) is 11.3 Å². The van der Waals surface area contributed by atoms with E-state index in [0.717, 1.165) is 0 Å². The van der Waals surface area contributed by atoms with Gasteiger partial charge in [0, 0.05) is 13.0 Å². The third-order valence-corrected chi connectivity index (χ3v) is 7.79. The molecular formula is C21H25N5O6S. The van der Waals surface area contributed by atoms with Crippen LogP contribution in [0.1, 0.15) is 31.3 Å². The first-order valence-corrected chi connectivity index (χ1v) is 12.2. The number of ether oxygens (including phenoxy) is 3. The van der Waals surface area contributed by atoms with Crippen molar-refractivity contribution < 1.29 is 22.6 Å². The molecule has 2 fully saturated rings. The fraction of sp³-hybridized carbons (Fsp3) is 0.476. The van der Waals surface area contributed by atoms with Gasteiger partial charge in [0.2, 0.25) is 15.9 Å². The molecule has 0 radical (unpaired) electrons. The largest absolute Gasteiger partial charge is 0.493 e. The maximum absolute atomic E-state index is 13.6. The number of rotatable bonds is 5. The number of nitrogens with zero attached hydrogens (tertiary/aromatic N) is 4. The molecule has 176 valence electrons. The Hall–Kier alpha value is -2.80. The number of aromatic amines is 1. The third kappa shape index (κ3) is 3.44. The van der Waals surface area contributed by atoms with Crippen molar-refractivity contribution in [2.75, 3.05) is 26.4 Å². The van der Waals surface area contributed by atoms with Crippen molar-refractivity contribution in [1.82, 2.24) is 23.9 Å². The molecule has 12 heteroatoms. The van der Waals surface area contributed by atoms with Gasteiger partial charge in [0.25, 0.3) is 5.56 Å². The van der Waals surface area contributed by atoms with E-state index in [4.69, 9.17) is 14.2 Å². The van der Waals surface area contributed by atoms with Gasteiger partial charge in [-0.2, -0.15) is 0 Å². The molecular weight excluding hydrogens is 450 g/mol. The molecule has 33 heavy (non-hydrogen) atoms. The number of sulfonamides is 1. The van der Waals surface area contributed by atoms with Gasteiger partial charge < -0.3 is 19.2 Å². The molecule has 0 unspecified atom stereocenters. The van der Waals surface area contributed by atoms with Gasteiger partial charge in [-0.3, -0.25) is 4.79 Å². The first kappa shape index (κ1) is 22.0. The van der Waals surface area contributed by atoms with Crippen LogP contribution in [-0.2, 0) is 19.5 Å². The highest BCUT2D eigenvalue weighted by molar-refractivity contribution is 7.89. The second-order valence-electron chi connectivity index (χ2n) is 7.99. The Balaban J connectivity index is 1.65. The van der Waals surface area contributed by atoms with Crippen LogP contribution in [0.4, 0.5) is 0 Å². The van der Waals surface area contributed by atoms with Crippen molar-refractivity contribution in [2.24, 2.45) is 0 Å². The van der Waals surface area contributed by atoms with Crippen molar-refractivity contribution in [2.45, 2.75) is 44.4 Å². The molecule has 2 aliphatic heterocycles. The molecule has 2 aromatic heterocycles. The molecule has 0 amide bonds. The lowest BCUT2D eigenvalue weighted by Gasteiger charge is -2.31. The minimum absolute atomic E-state index is 0.0302. The Morgan fingerprint density at radius 2 is 2.00 bits per heavy atom. The Kier molecular flexibility index (Phi) is 5.27. The zero-order valence-corrected chi connectivity index (χ0v) is 19.4. The second-order valence-corrected chi connectivity index (χ2v) is 9.85. The van der Waals surface area contributed by atoms with Crippen LogP contribution in [0.5, 0.6) is 5.75 Å². The number of imidazole rings is 1. The quantitative estimate of drug-likeness (QED) is 0.589. The molecule has 2 saturated heterocycles. The van der Waals surface area contributed by atoms with E-state index < -0.39 is 15.9 Å². The topological polar surface area (TPSA) is 128 Å². The van der Waals surface area contributed by atoms with E-state index in [9.17, 15) is 13.2 Å². The summed E-state index contributed by atoms with van der Waals surface area (Å²) in [5.41, 5.74) is 0.877. The van der Waals surface area contributed by atoms with Crippen LogP contribution in [0.25, 0.3) is 16.9 Å². The minimum Gasteiger partial charge on any atom is -0.493 e. The number of hydrogen-bond donors (Lipinski definition) is 1. The predicted molar refractivity (Wildman–Crippen MR) is 117 cm³/mol. The number of nitrogens with one attached hydrogen (secondary N) is 1. The van der Waals surface area contributed by atoms with Gasteiger partial charge in [-0.05, 0) is 45.4 Å². The molecule has 0 bridgehead atoms. The molecule has 2 aliphatic rings. The summed E-state index contributed by atoms with van der Waals surface area (Å²) in [6.07, 6.45) is 1.11. The molecule has 3 aromatic rings. The van der Waals surface area contributed by atoms with E-state index in [1.807, 2.05) is 6.92 Å². The highest BCUT2D eigenvalue weighted by Gasteiger charge is 2.52. The summed E-state index contributed by atoms with van der Waals surface area (Å²) in [7, 11) is -3.96. The Bertz CT molecular complexity index is 1380. The first-order chi connectivity index (χ1) is 15.8. The van der Waals surface area contributed by atoms with Gasteiger partial charge >= 0.3 is 0 Å². The van der Waals surface area contributed by atoms with Gasteiger partial charge in [-0.25, -0.2) is 17.9 Å². The maximum atomic E-state index is 13.6. The van der Waals surface area contributed by atoms with Crippen molar-refractivity contribution in [3.63, 3.8) is 0 Å². The van der Waals surface area contributed by atoms with E-state index in [1.165, 1.54) is 21.0 Å². The number of H-pyrrole nitrogens is 1. The summed E-state index contributed by atoms with van der Waals surface area (Å²) in [5, 5.41) is 4.52. The normalized spacial score (nSPS) is 18.5. The zero-order valence-electron chi connectivity index (χ0n) is 18.6.